The van der Waals surface area contributed by atoms with Crippen molar-refractivity contribution in [2.24, 2.45) is 11.8 Å². The summed E-state index contributed by atoms with van der Waals surface area (Å²) in [5.74, 6) is 1.42. The molecule has 1 aromatic rings. The van der Waals surface area contributed by atoms with Crippen LogP contribution in [0.25, 0.3) is 0 Å². The molecular weight excluding hydrogens is 286 g/mol. The Balaban J connectivity index is 1.79. The SMILES string of the molecule is Cc1ccc(C23CC4CC(CC(Cl)(C4)C2)C3)cc1[N+](=O)[O-]. The Morgan fingerprint density at radius 3 is 2.48 bits per heavy atom. The smallest absolute Gasteiger partial charge is 0.258 e. The lowest BCUT2D eigenvalue weighted by molar-refractivity contribution is -0.385. The highest BCUT2D eigenvalue weighted by Crippen LogP contribution is 2.64. The molecule has 21 heavy (non-hydrogen) atoms. The summed E-state index contributed by atoms with van der Waals surface area (Å²) in [6, 6.07) is 5.84. The molecule has 4 aliphatic carbocycles. The van der Waals surface area contributed by atoms with E-state index in [1.807, 2.05) is 19.1 Å². The molecule has 4 aliphatic rings. The van der Waals surface area contributed by atoms with Crippen molar-refractivity contribution in [3.05, 3.63) is 39.4 Å². The zero-order valence-corrected chi connectivity index (χ0v) is 13.0. The molecule has 0 aromatic heterocycles. The van der Waals surface area contributed by atoms with Crippen molar-refractivity contribution in [3.8, 4) is 0 Å². The maximum Gasteiger partial charge on any atom is 0.272 e. The fourth-order valence-corrected chi connectivity index (χ4v) is 6.32. The molecule has 4 bridgehead atoms. The van der Waals surface area contributed by atoms with E-state index >= 15 is 0 Å². The van der Waals surface area contributed by atoms with Gasteiger partial charge in [-0.05, 0) is 68.3 Å². The lowest BCUT2D eigenvalue weighted by Gasteiger charge is -2.60. The van der Waals surface area contributed by atoms with Crippen molar-refractivity contribution >= 4 is 17.3 Å². The molecule has 0 N–H and O–H groups in total. The van der Waals surface area contributed by atoms with E-state index in [9.17, 15) is 10.1 Å². The fourth-order valence-electron chi connectivity index (χ4n) is 5.62. The normalized spacial score (nSPS) is 40.5. The average Bonchev–Trinajstić information content (AvgIpc) is 2.35. The summed E-state index contributed by atoms with van der Waals surface area (Å²) in [6.07, 6.45) is 6.91. The first kappa shape index (κ1) is 13.6. The number of rotatable bonds is 2. The summed E-state index contributed by atoms with van der Waals surface area (Å²) in [4.78, 5) is 10.9. The Kier molecular flexibility index (Phi) is 2.73. The van der Waals surface area contributed by atoms with Crippen LogP contribution in [0.4, 0.5) is 5.69 Å². The van der Waals surface area contributed by atoms with Gasteiger partial charge in [0, 0.05) is 16.5 Å². The predicted octanol–water partition coefficient (Wildman–Crippen LogP) is 4.73. The number of nitro benzene ring substituents is 1. The van der Waals surface area contributed by atoms with E-state index in [1.165, 1.54) is 6.42 Å². The van der Waals surface area contributed by atoms with Gasteiger partial charge in [0.1, 0.15) is 0 Å². The van der Waals surface area contributed by atoms with Gasteiger partial charge in [0.25, 0.3) is 5.69 Å². The molecule has 3 nitrogen and oxygen atoms in total. The van der Waals surface area contributed by atoms with Crippen LogP contribution >= 0.6 is 11.6 Å². The molecule has 0 amide bonds. The van der Waals surface area contributed by atoms with Crippen LogP contribution in [-0.2, 0) is 5.41 Å². The van der Waals surface area contributed by atoms with E-state index in [0.29, 0.717) is 11.8 Å². The molecule has 2 unspecified atom stereocenters. The molecule has 1 aromatic carbocycles. The Bertz CT molecular complexity index is 613. The van der Waals surface area contributed by atoms with Crippen molar-refractivity contribution < 1.29 is 4.92 Å². The topological polar surface area (TPSA) is 43.1 Å². The summed E-state index contributed by atoms with van der Waals surface area (Å²) in [5.41, 5.74) is 2.24. The van der Waals surface area contributed by atoms with E-state index in [2.05, 4.69) is 6.07 Å². The van der Waals surface area contributed by atoms with Crippen molar-refractivity contribution in [1.82, 2.24) is 0 Å². The van der Waals surface area contributed by atoms with Crippen LogP contribution in [-0.4, -0.2) is 9.80 Å². The Labute approximate surface area is 129 Å². The second-order valence-corrected chi connectivity index (χ2v) is 8.45. The molecule has 0 heterocycles. The van der Waals surface area contributed by atoms with Gasteiger partial charge in [-0.1, -0.05) is 12.1 Å². The third kappa shape index (κ3) is 2.01. The molecule has 0 spiro atoms. The summed E-state index contributed by atoms with van der Waals surface area (Å²) >= 11 is 6.87. The van der Waals surface area contributed by atoms with E-state index in [1.54, 1.807) is 0 Å². The van der Waals surface area contributed by atoms with Gasteiger partial charge in [-0.2, -0.15) is 0 Å². The number of hydrogen-bond donors (Lipinski definition) is 0. The monoisotopic (exact) mass is 305 g/mol. The van der Waals surface area contributed by atoms with Gasteiger partial charge in [0.2, 0.25) is 0 Å². The highest BCUT2D eigenvalue weighted by Gasteiger charge is 2.57. The maximum absolute atomic E-state index is 11.2. The number of benzene rings is 1. The number of halogens is 1. The van der Waals surface area contributed by atoms with Crippen LogP contribution in [0.1, 0.15) is 49.7 Å². The first-order valence-corrected chi connectivity index (χ1v) is 8.21. The molecular formula is C17H20ClNO2. The fraction of sp³-hybridized carbons (Fsp3) is 0.647. The van der Waals surface area contributed by atoms with Crippen LogP contribution < -0.4 is 0 Å². The number of hydrogen-bond acceptors (Lipinski definition) is 2. The number of nitrogens with zero attached hydrogens (tertiary/aromatic N) is 1. The molecule has 112 valence electrons. The van der Waals surface area contributed by atoms with Gasteiger partial charge in [0.15, 0.2) is 0 Å². The zero-order valence-electron chi connectivity index (χ0n) is 12.3. The van der Waals surface area contributed by atoms with E-state index in [4.69, 9.17) is 11.6 Å². The molecule has 0 aliphatic heterocycles. The van der Waals surface area contributed by atoms with Crippen molar-refractivity contribution in [3.63, 3.8) is 0 Å². The molecule has 0 saturated heterocycles. The molecule has 0 radical (unpaired) electrons. The summed E-state index contributed by atoms with van der Waals surface area (Å²) < 4.78 is 0. The number of nitro groups is 1. The molecule has 5 rings (SSSR count). The van der Waals surface area contributed by atoms with E-state index in [0.717, 1.165) is 43.2 Å². The minimum atomic E-state index is -0.254. The second kappa shape index (κ2) is 4.22. The van der Waals surface area contributed by atoms with E-state index < -0.39 is 0 Å². The number of alkyl halides is 1. The minimum absolute atomic E-state index is 0.0518. The summed E-state index contributed by atoms with van der Waals surface area (Å²) in [5, 5.41) is 11.2. The molecule has 4 heteroatoms. The van der Waals surface area contributed by atoms with Crippen molar-refractivity contribution in [2.45, 2.75) is 55.7 Å². The second-order valence-electron chi connectivity index (χ2n) is 7.65. The van der Waals surface area contributed by atoms with Crippen LogP contribution in [0.3, 0.4) is 0 Å². The van der Waals surface area contributed by atoms with Gasteiger partial charge >= 0.3 is 0 Å². The van der Waals surface area contributed by atoms with Crippen molar-refractivity contribution in [1.29, 1.82) is 0 Å². The summed E-state index contributed by atoms with van der Waals surface area (Å²) in [6.45, 7) is 1.81. The highest BCUT2D eigenvalue weighted by molar-refractivity contribution is 6.24. The summed E-state index contributed by atoms with van der Waals surface area (Å²) in [7, 11) is 0. The first-order chi connectivity index (χ1) is 9.89. The number of aryl methyl sites for hydroxylation is 1. The maximum atomic E-state index is 11.2. The zero-order chi connectivity index (χ0) is 14.8. The van der Waals surface area contributed by atoms with Gasteiger partial charge < -0.3 is 0 Å². The van der Waals surface area contributed by atoms with Crippen LogP contribution in [0, 0.1) is 28.9 Å². The predicted molar refractivity (Wildman–Crippen MR) is 82.8 cm³/mol. The Morgan fingerprint density at radius 2 is 1.90 bits per heavy atom. The lowest BCUT2D eigenvalue weighted by Crippen LogP contribution is -2.55. The molecule has 4 saturated carbocycles. The third-order valence-electron chi connectivity index (χ3n) is 6.01. The minimum Gasteiger partial charge on any atom is -0.258 e. The quantitative estimate of drug-likeness (QED) is 0.450. The standard InChI is InChI=1S/C17H20ClNO2/c1-11-2-3-14(5-15(11)19(20)21)16-6-12-4-13(7-16)9-17(18,8-12)10-16/h2-3,5,12-13H,4,6-10H2,1H3. The van der Waals surface area contributed by atoms with Crippen LogP contribution in [0.2, 0.25) is 0 Å². The van der Waals surface area contributed by atoms with Gasteiger partial charge in [-0.25, -0.2) is 0 Å². The Morgan fingerprint density at radius 1 is 1.24 bits per heavy atom. The van der Waals surface area contributed by atoms with Crippen molar-refractivity contribution in [2.75, 3.05) is 0 Å². The van der Waals surface area contributed by atoms with E-state index in [-0.39, 0.29) is 20.9 Å². The average molecular weight is 306 g/mol. The van der Waals surface area contributed by atoms with Crippen LogP contribution in [0.15, 0.2) is 18.2 Å². The third-order valence-corrected chi connectivity index (χ3v) is 6.45. The van der Waals surface area contributed by atoms with Crippen LogP contribution in [0.5, 0.6) is 0 Å². The first-order valence-electron chi connectivity index (χ1n) is 7.84. The highest BCUT2D eigenvalue weighted by atomic mass is 35.5. The Hall–Kier alpha value is -1.09. The largest absolute Gasteiger partial charge is 0.272 e. The molecule has 4 fully saturated rings. The lowest BCUT2D eigenvalue weighted by atomic mass is 9.47. The van der Waals surface area contributed by atoms with Gasteiger partial charge in [-0.3, -0.25) is 10.1 Å². The molecule has 2 atom stereocenters. The van der Waals surface area contributed by atoms with Gasteiger partial charge in [0.05, 0.1) is 4.92 Å². The van der Waals surface area contributed by atoms with Gasteiger partial charge in [-0.15, -0.1) is 11.6 Å².